The number of fused-ring (bicyclic) bond motifs is 1. The zero-order valence-electron chi connectivity index (χ0n) is 20.4. The summed E-state index contributed by atoms with van der Waals surface area (Å²) in [5.41, 5.74) is 4.72. The summed E-state index contributed by atoms with van der Waals surface area (Å²) in [5, 5.41) is 12.5. The van der Waals surface area contributed by atoms with E-state index in [4.69, 9.17) is 9.39 Å². The Hall–Kier alpha value is -2.68. The minimum absolute atomic E-state index is 0.167. The fraction of sp³-hybridized carbons (Fsp3) is 0.462. The van der Waals surface area contributed by atoms with Crippen LogP contribution in [-0.2, 0) is 33.9 Å². The standard InChI is InChI=1S/C23H27BN2O5.C3H8/c1-16-20(9-8-19-15-31-24(29)22(16)19)23(28)25-12-21(27)30-14-18-6-4-17(5-7-18)13-26-10-2-3-11-26;1-3-2/h4-9,29H,2-3,10-15H2,1H3,(H,25,28);3H2,1-2H3. The van der Waals surface area contributed by atoms with Crippen LogP contribution >= 0.6 is 0 Å². The monoisotopic (exact) mass is 466 g/mol. The highest BCUT2D eigenvalue weighted by Gasteiger charge is 2.31. The number of amides is 1. The van der Waals surface area contributed by atoms with E-state index in [9.17, 15) is 14.6 Å². The summed E-state index contributed by atoms with van der Waals surface area (Å²) in [4.78, 5) is 27.0. The van der Waals surface area contributed by atoms with Gasteiger partial charge in [0, 0.05) is 12.1 Å². The first-order valence-electron chi connectivity index (χ1n) is 12.1. The van der Waals surface area contributed by atoms with Gasteiger partial charge in [-0.05, 0) is 66.6 Å². The molecule has 0 aromatic heterocycles. The summed E-state index contributed by atoms with van der Waals surface area (Å²) in [6, 6.07) is 11.5. The fourth-order valence-electron chi connectivity index (χ4n) is 4.15. The molecule has 8 heteroatoms. The van der Waals surface area contributed by atoms with E-state index in [1.54, 1.807) is 19.1 Å². The molecule has 0 bridgehead atoms. The highest BCUT2D eigenvalue weighted by molar-refractivity contribution is 6.62. The zero-order valence-corrected chi connectivity index (χ0v) is 20.4. The van der Waals surface area contributed by atoms with Gasteiger partial charge in [0.25, 0.3) is 5.91 Å². The first-order valence-corrected chi connectivity index (χ1v) is 12.1. The van der Waals surface area contributed by atoms with Crippen LogP contribution in [0.1, 0.15) is 65.7 Å². The number of benzene rings is 2. The average Bonchev–Trinajstić information content (AvgIpc) is 3.48. The Morgan fingerprint density at radius 1 is 1.09 bits per heavy atom. The minimum Gasteiger partial charge on any atom is -0.460 e. The van der Waals surface area contributed by atoms with Crippen LogP contribution in [0.2, 0.25) is 0 Å². The van der Waals surface area contributed by atoms with Gasteiger partial charge in [-0.2, -0.15) is 0 Å². The van der Waals surface area contributed by atoms with Crippen LogP contribution in [0.25, 0.3) is 0 Å². The number of hydrogen-bond acceptors (Lipinski definition) is 6. The third-order valence-electron chi connectivity index (χ3n) is 5.91. The van der Waals surface area contributed by atoms with Crippen LogP contribution in [-0.4, -0.2) is 48.6 Å². The van der Waals surface area contributed by atoms with E-state index >= 15 is 0 Å². The van der Waals surface area contributed by atoms with Crippen molar-refractivity contribution in [1.82, 2.24) is 10.2 Å². The normalized spacial score (nSPS) is 14.9. The molecule has 2 aliphatic heterocycles. The number of nitrogens with zero attached hydrogens (tertiary/aromatic N) is 1. The number of ether oxygens (including phenoxy) is 1. The predicted octanol–water partition coefficient (Wildman–Crippen LogP) is 2.70. The Kier molecular flexibility index (Phi) is 9.68. The molecule has 182 valence electrons. The largest absolute Gasteiger partial charge is 0.492 e. The fourth-order valence-corrected chi connectivity index (χ4v) is 4.15. The van der Waals surface area contributed by atoms with Crippen molar-refractivity contribution in [3.8, 4) is 0 Å². The third kappa shape index (κ3) is 6.92. The molecule has 4 rings (SSSR count). The summed E-state index contributed by atoms with van der Waals surface area (Å²) in [6.45, 7) is 9.55. The summed E-state index contributed by atoms with van der Waals surface area (Å²) < 4.78 is 10.5. The number of carbonyl (C=O) groups excluding carboxylic acids is 2. The van der Waals surface area contributed by atoms with Crippen molar-refractivity contribution in [2.75, 3.05) is 19.6 Å². The number of esters is 1. The molecule has 2 N–H and O–H groups in total. The Balaban J connectivity index is 0.00000103. The van der Waals surface area contributed by atoms with Gasteiger partial charge in [-0.15, -0.1) is 0 Å². The van der Waals surface area contributed by atoms with Crippen molar-refractivity contribution in [1.29, 1.82) is 0 Å². The van der Waals surface area contributed by atoms with E-state index in [2.05, 4.69) is 36.2 Å². The number of carbonyl (C=O) groups is 2. The van der Waals surface area contributed by atoms with Crippen LogP contribution in [0.15, 0.2) is 36.4 Å². The van der Waals surface area contributed by atoms with Crippen molar-refractivity contribution in [2.45, 2.75) is 59.8 Å². The van der Waals surface area contributed by atoms with Crippen molar-refractivity contribution in [2.24, 2.45) is 0 Å². The first-order chi connectivity index (χ1) is 16.4. The molecule has 2 aliphatic rings. The second-order valence-corrected chi connectivity index (χ2v) is 8.82. The van der Waals surface area contributed by atoms with Gasteiger partial charge in [0.15, 0.2) is 0 Å². The average molecular weight is 466 g/mol. The number of hydrogen-bond donors (Lipinski definition) is 2. The molecule has 0 radical (unpaired) electrons. The first kappa shape index (κ1) is 25.9. The van der Waals surface area contributed by atoms with Gasteiger partial charge in [0.2, 0.25) is 0 Å². The van der Waals surface area contributed by atoms with Crippen LogP contribution in [0.5, 0.6) is 0 Å². The quantitative estimate of drug-likeness (QED) is 0.482. The van der Waals surface area contributed by atoms with Gasteiger partial charge in [-0.25, -0.2) is 0 Å². The molecule has 0 unspecified atom stereocenters. The summed E-state index contributed by atoms with van der Waals surface area (Å²) in [5.74, 6) is -0.890. The number of likely N-dealkylation sites (tertiary alicyclic amines) is 1. The lowest BCUT2D eigenvalue weighted by atomic mass is 9.75. The van der Waals surface area contributed by atoms with E-state index in [1.165, 1.54) is 24.8 Å². The molecule has 0 aliphatic carbocycles. The Labute approximate surface area is 202 Å². The topological polar surface area (TPSA) is 88.1 Å². The van der Waals surface area contributed by atoms with Gasteiger partial charge < -0.3 is 19.7 Å². The summed E-state index contributed by atoms with van der Waals surface area (Å²) >= 11 is 0. The predicted molar refractivity (Wildman–Crippen MR) is 133 cm³/mol. The van der Waals surface area contributed by atoms with Crippen molar-refractivity contribution in [3.63, 3.8) is 0 Å². The van der Waals surface area contributed by atoms with Crippen LogP contribution < -0.4 is 10.8 Å². The second-order valence-electron chi connectivity index (χ2n) is 8.82. The molecule has 1 fully saturated rings. The highest BCUT2D eigenvalue weighted by Crippen LogP contribution is 2.16. The lowest BCUT2D eigenvalue weighted by molar-refractivity contribution is -0.143. The van der Waals surface area contributed by atoms with E-state index in [1.807, 2.05) is 12.1 Å². The van der Waals surface area contributed by atoms with Gasteiger partial charge >= 0.3 is 13.1 Å². The molecule has 34 heavy (non-hydrogen) atoms. The van der Waals surface area contributed by atoms with E-state index < -0.39 is 13.1 Å². The molecule has 2 heterocycles. The Bertz CT molecular complexity index is 974. The number of rotatable bonds is 7. The minimum atomic E-state index is -1.02. The molecule has 0 spiro atoms. The molecule has 0 atom stereocenters. The van der Waals surface area contributed by atoms with Crippen LogP contribution in [0, 0.1) is 6.92 Å². The number of nitrogens with one attached hydrogen (secondary N) is 1. The zero-order chi connectivity index (χ0) is 24.5. The molecule has 2 aromatic carbocycles. The molecule has 1 saturated heterocycles. The summed E-state index contributed by atoms with van der Waals surface area (Å²) in [7, 11) is -1.02. The molecular weight excluding hydrogens is 431 g/mol. The van der Waals surface area contributed by atoms with Crippen molar-refractivity contribution >= 4 is 24.5 Å². The highest BCUT2D eigenvalue weighted by atomic mass is 16.5. The van der Waals surface area contributed by atoms with Gasteiger partial charge in [0.05, 0.1) is 6.61 Å². The van der Waals surface area contributed by atoms with E-state index in [0.29, 0.717) is 23.2 Å². The van der Waals surface area contributed by atoms with Gasteiger partial charge in [0.1, 0.15) is 13.2 Å². The Morgan fingerprint density at radius 3 is 2.41 bits per heavy atom. The van der Waals surface area contributed by atoms with E-state index in [-0.39, 0.29) is 19.1 Å². The van der Waals surface area contributed by atoms with Crippen molar-refractivity contribution in [3.05, 3.63) is 64.2 Å². The maximum absolute atomic E-state index is 12.5. The molecule has 2 aromatic rings. The molecule has 1 amide bonds. The van der Waals surface area contributed by atoms with Crippen LogP contribution in [0.4, 0.5) is 0 Å². The summed E-state index contributed by atoms with van der Waals surface area (Å²) in [6.07, 6.45) is 3.79. The van der Waals surface area contributed by atoms with Crippen LogP contribution in [0.3, 0.4) is 0 Å². The maximum Gasteiger partial charge on any atom is 0.492 e. The molecule has 7 nitrogen and oxygen atoms in total. The third-order valence-corrected chi connectivity index (χ3v) is 5.91. The van der Waals surface area contributed by atoms with Crippen molar-refractivity contribution < 1.29 is 24.0 Å². The maximum atomic E-state index is 12.5. The van der Waals surface area contributed by atoms with Gasteiger partial charge in [-0.3, -0.25) is 14.5 Å². The second kappa shape index (κ2) is 12.7. The lowest BCUT2D eigenvalue weighted by Gasteiger charge is -2.14. The Morgan fingerprint density at radius 2 is 1.74 bits per heavy atom. The molecular formula is C26H35BN2O5. The lowest BCUT2D eigenvalue weighted by Crippen LogP contribution is -2.35. The van der Waals surface area contributed by atoms with Gasteiger partial charge in [-0.1, -0.05) is 50.6 Å². The SMILES string of the molecule is CCC.Cc1c(C(=O)NCC(=O)OCc2ccc(CN3CCCC3)cc2)ccc2c1B(O)OC2. The smallest absolute Gasteiger partial charge is 0.460 e. The van der Waals surface area contributed by atoms with E-state index in [0.717, 1.165) is 30.8 Å². The molecule has 0 saturated carbocycles.